The lowest BCUT2D eigenvalue weighted by atomic mass is 10.1. The number of Topliss-reactive ketones (excluding diaryl/α,β-unsaturated/α-hetero) is 1. The Morgan fingerprint density at radius 2 is 1.65 bits per heavy atom. The third-order valence-corrected chi connectivity index (χ3v) is 6.25. The molecule has 1 aliphatic rings. The number of rotatable bonds is 8. The molecule has 0 fully saturated rings. The molecule has 40 heavy (non-hydrogen) atoms. The van der Waals surface area contributed by atoms with Gasteiger partial charge in [-0.3, -0.25) is 4.79 Å². The van der Waals surface area contributed by atoms with Crippen LogP contribution in [0.3, 0.4) is 0 Å². The zero-order chi connectivity index (χ0) is 29.1. The van der Waals surface area contributed by atoms with E-state index in [-0.39, 0.29) is 28.6 Å². The van der Waals surface area contributed by atoms with Crippen LogP contribution in [0.25, 0.3) is 17.0 Å². The molecule has 0 aliphatic carbocycles. The quantitative estimate of drug-likeness (QED) is 0.382. The zero-order valence-corrected chi connectivity index (χ0v) is 23.8. The lowest BCUT2D eigenvalue weighted by Gasteiger charge is -2.15. The number of methoxy groups -OCH3 is 1. The number of hydrogen-bond acceptors (Lipinski definition) is 8. The van der Waals surface area contributed by atoms with Gasteiger partial charge in [0.05, 0.1) is 7.11 Å². The van der Waals surface area contributed by atoms with Gasteiger partial charge in [0.2, 0.25) is 5.78 Å². The number of aromatic nitrogens is 1. The summed E-state index contributed by atoms with van der Waals surface area (Å²) >= 11 is 0. The highest BCUT2D eigenvalue weighted by molar-refractivity contribution is 6.17. The predicted octanol–water partition coefficient (Wildman–Crippen LogP) is 4.34. The van der Waals surface area contributed by atoms with Gasteiger partial charge in [0.1, 0.15) is 22.8 Å². The maximum atomic E-state index is 13.6. The summed E-state index contributed by atoms with van der Waals surface area (Å²) < 4.78 is 24.4. The third kappa shape index (κ3) is 6.04. The zero-order valence-electron chi connectivity index (χ0n) is 23.8. The van der Waals surface area contributed by atoms with Gasteiger partial charge in [-0.2, -0.15) is 0 Å². The molecule has 2 aromatic carbocycles. The van der Waals surface area contributed by atoms with Crippen LogP contribution in [0.15, 0.2) is 42.3 Å². The van der Waals surface area contributed by atoms with Crippen LogP contribution in [0.2, 0.25) is 0 Å². The second-order valence-corrected chi connectivity index (χ2v) is 10.1. The molecule has 0 unspecified atom stereocenters. The number of ether oxygens (including phenoxy) is 4. The molecule has 212 valence electrons. The number of carbonyl (C=O) groups is 3. The summed E-state index contributed by atoms with van der Waals surface area (Å²) in [5, 5.41) is 0.893. The minimum atomic E-state index is -0.698. The maximum absolute atomic E-state index is 13.6. The average molecular weight is 551 g/mol. The Hall–Kier alpha value is -4.51. The molecule has 2 heterocycles. The Labute approximate surface area is 233 Å². The van der Waals surface area contributed by atoms with Crippen LogP contribution in [0, 0.1) is 0 Å². The summed E-state index contributed by atoms with van der Waals surface area (Å²) in [5.41, 5.74) is 1.83. The van der Waals surface area contributed by atoms with Crippen molar-refractivity contribution in [2.75, 3.05) is 55.9 Å². The van der Waals surface area contributed by atoms with Crippen LogP contribution in [0.5, 0.6) is 23.0 Å². The molecule has 0 saturated carbocycles. The molecule has 0 saturated heterocycles. The lowest BCUT2D eigenvalue weighted by molar-refractivity contribution is 0.101. The van der Waals surface area contributed by atoms with Crippen molar-refractivity contribution in [2.45, 2.75) is 13.0 Å². The topological polar surface area (TPSA) is 103 Å². The summed E-state index contributed by atoms with van der Waals surface area (Å²) in [5.74, 6) is 0.385. The van der Waals surface area contributed by atoms with E-state index in [1.54, 1.807) is 13.2 Å². The van der Waals surface area contributed by atoms with Crippen molar-refractivity contribution in [3.8, 4) is 23.0 Å². The fourth-order valence-electron chi connectivity index (χ4n) is 4.20. The molecule has 2 amide bonds. The summed E-state index contributed by atoms with van der Waals surface area (Å²) in [6.07, 6.45) is 3.24. The first-order chi connectivity index (χ1) is 19.0. The Morgan fingerprint density at radius 1 is 0.950 bits per heavy atom. The summed E-state index contributed by atoms with van der Waals surface area (Å²) in [6.45, 7) is 1.71. The summed E-state index contributed by atoms with van der Waals surface area (Å²) in [7, 11) is 11.8. The van der Waals surface area contributed by atoms with Crippen molar-refractivity contribution in [3.05, 3.63) is 53.4 Å². The number of nitrogens with zero attached hydrogens (tertiary/aromatic N) is 4. The smallest absolute Gasteiger partial charge is 0.414 e. The normalized spacial score (nSPS) is 13.4. The van der Waals surface area contributed by atoms with Crippen LogP contribution in [-0.4, -0.2) is 93.2 Å². The van der Waals surface area contributed by atoms with Crippen molar-refractivity contribution >= 4 is 34.9 Å². The number of hydrogen-bond donors (Lipinski definition) is 0. The van der Waals surface area contributed by atoms with Gasteiger partial charge in [0.15, 0.2) is 11.5 Å². The van der Waals surface area contributed by atoms with Gasteiger partial charge in [0, 0.05) is 69.5 Å². The Kier molecular flexibility index (Phi) is 8.34. The molecule has 0 spiro atoms. The van der Waals surface area contributed by atoms with E-state index >= 15 is 0 Å². The van der Waals surface area contributed by atoms with Gasteiger partial charge in [-0.15, -0.1) is 0 Å². The monoisotopic (exact) mass is 550 g/mol. The number of fused-ring (bicyclic) bond motifs is 2. The van der Waals surface area contributed by atoms with Crippen LogP contribution in [0.4, 0.5) is 9.59 Å². The minimum absolute atomic E-state index is 0.0448. The first kappa shape index (κ1) is 28.5. The molecule has 0 N–H and O–H groups in total. The highest BCUT2D eigenvalue weighted by Crippen LogP contribution is 2.42. The van der Waals surface area contributed by atoms with Gasteiger partial charge in [-0.1, -0.05) is 0 Å². The molecule has 1 aromatic heterocycles. The Bertz CT molecular complexity index is 1490. The largest absolute Gasteiger partial charge is 0.497 e. The van der Waals surface area contributed by atoms with Gasteiger partial charge in [0.25, 0.3) is 0 Å². The van der Waals surface area contributed by atoms with E-state index in [2.05, 4.69) is 9.47 Å². The fraction of sp³-hybridized carbons (Fsp3) is 0.345. The molecule has 0 atom stereocenters. The van der Waals surface area contributed by atoms with Crippen molar-refractivity contribution in [3.63, 3.8) is 0 Å². The maximum Gasteiger partial charge on any atom is 0.414 e. The number of allylic oxidation sites excluding steroid dienone is 1. The lowest BCUT2D eigenvalue weighted by Crippen LogP contribution is -2.26. The molecular formula is C29H34N4O7. The van der Waals surface area contributed by atoms with E-state index in [1.807, 2.05) is 38.5 Å². The molecule has 1 aliphatic heterocycles. The van der Waals surface area contributed by atoms with E-state index in [0.29, 0.717) is 5.75 Å². The SMILES string of the molecule is COc1ccc2c(c1)c(/C=C1\Oc3cc(OC(=O)N(C)C)cc(OC(=O)N(C)C)c3C1=O)cn2CCCN(C)C. The van der Waals surface area contributed by atoms with Gasteiger partial charge < -0.3 is 38.2 Å². The van der Waals surface area contributed by atoms with Gasteiger partial charge in [-0.25, -0.2) is 9.59 Å². The highest BCUT2D eigenvalue weighted by atomic mass is 16.6. The number of ketones is 1. The minimum Gasteiger partial charge on any atom is -0.497 e. The molecule has 3 aromatic rings. The molecule has 0 bridgehead atoms. The van der Waals surface area contributed by atoms with Crippen molar-refractivity contribution in [2.24, 2.45) is 0 Å². The molecule has 11 nitrogen and oxygen atoms in total. The molecule has 4 rings (SSSR count). The van der Waals surface area contributed by atoms with E-state index in [1.165, 1.54) is 50.1 Å². The highest BCUT2D eigenvalue weighted by Gasteiger charge is 2.34. The van der Waals surface area contributed by atoms with E-state index in [9.17, 15) is 14.4 Å². The van der Waals surface area contributed by atoms with Crippen LogP contribution < -0.4 is 18.9 Å². The first-order valence-electron chi connectivity index (χ1n) is 12.7. The van der Waals surface area contributed by atoms with Crippen molar-refractivity contribution < 1.29 is 33.3 Å². The second-order valence-electron chi connectivity index (χ2n) is 10.1. The van der Waals surface area contributed by atoms with Crippen LogP contribution in [-0.2, 0) is 6.54 Å². The molecule has 0 radical (unpaired) electrons. The number of aryl methyl sites for hydroxylation is 1. The number of carbonyl (C=O) groups excluding carboxylic acids is 3. The van der Waals surface area contributed by atoms with Crippen LogP contribution in [0.1, 0.15) is 22.3 Å². The molecular weight excluding hydrogens is 516 g/mol. The van der Waals surface area contributed by atoms with E-state index in [0.717, 1.165) is 36.0 Å². The summed E-state index contributed by atoms with van der Waals surface area (Å²) in [4.78, 5) is 42.7. The first-order valence-corrected chi connectivity index (χ1v) is 12.7. The predicted molar refractivity (Wildman–Crippen MR) is 150 cm³/mol. The van der Waals surface area contributed by atoms with Crippen molar-refractivity contribution in [1.82, 2.24) is 19.3 Å². The van der Waals surface area contributed by atoms with E-state index in [4.69, 9.17) is 18.9 Å². The number of amides is 2. The van der Waals surface area contributed by atoms with Gasteiger partial charge >= 0.3 is 12.2 Å². The molecule has 11 heteroatoms. The Balaban J connectivity index is 1.75. The fourth-order valence-corrected chi connectivity index (χ4v) is 4.20. The van der Waals surface area contributed by atoms with E-state index < -0.39 is 18.0 Å². The third-order valence-electron chi connectivity index (χ3n) is 6.25. The van der Waals surface area contributed by atoms with Gasteiger partial charge in [-0.05, 0) is 51.3 Å². The number of benzene rings is 2. The summed E-state index contributed by atoms with van der Waals surface area (Å²) in [6, 6.07) is 8.56. The van der Waals surface area contributed by atoms with Crippen LogP contribution >= 0.6 is 0 Å². The van der Waals surface area contributed by atoms with Crippen molar-refractivity contribution in [1.29, 1.82) is 0 Å². The standard InChI is InChI=1S/C29H34N4O7/c1-30(2)11-8-12-33-17-18(21-14-19(37-7)9-10-22(21)33)13-25-27(34)26-23(39-25)15-20(38-28(35)31(3)4)16-24(26)40-29(36)32(5)6/h9-10,13-17H,8,11-12H2,1-7H3/b25-13-. The average Bonchev–Trinajstić information content (AvgIpc) is 3.40. The second kappa shape index (κ2) is 11.7. The Morgan fingerprint density at radius 3 is 2.30 bits per heavy atom.